The monoisotopic (exact) mass is 136 g/mol. The van der Waals surface area contributed by atoms with E-state index in [1.54, 1.807) is 0 Å². The van der Waals surface area contributed by atoms with Crippen LogP contribution in [0.5, 0.6) is 0 Å². The van der Waals surface area contributed by atoms with Crippen LogP contribution in [0.15, 0.2) is 12.4 Å². The SMILES string of the molecule is CN1CCc2c[nH]cc2C1. The molecule has 54 valence electrons. The zero-order chi connectivity index (χ0) is 6.97. The second kappa shape index (κ2) is 2.13. The van der Waals surface area contributed by atoms with Gasteiger partial charge in [-0.3, -0.25) is 0 Å². The van der Waals surface area contributed by atoms with Gasteiger partial charge in [0.25, 0.3) is 0 Å². The van der Waals surface area contributed by atoms with Crippen LogP contribution >= 0.6 is 0 Å². The molecule has 2 heteroatoms. The van der Waals surface area contributed by atoms with Crippen molar-refractivity contribution in [3.05, 3.63) is 23.5 Å². The van der Waals surface area contributed by atoms with E-state index in [0.29, 0.717) is 0 Å². The number of rotatable bonds is 0. The summed E-state index contributed by atoms with van der Waals surface area (Å²) in [5, 5.41) is 0. The van der Waals surface area contributed by atoms with E-state index < -0.39 is 0 Å². The van der Waals surface area contributed by atoms with Crippen molar-refractivity contribution < 1.29 is 0 Å². The third-order valence-electron chi connectivity index (χ3n) is 2.13. The minimum absolute atomic E-state index is 1.11. The van der Waals surface area contributed by atoms with E-state index in [4.69, 9.17) is 0 Å². The molecule has 0 fully saturated rings. The Kier molecular flexibility index (Phi) is 1.27. The summed E-state index contributed by atoms with van der Waals surface area (Å²) in [7, 11) is 2.16. The second-order valence-electron chi connectivity index (χ2n) is 2.99. The van der Waals surface area contributed by atoms with Crippen molar-refractivity contribution in [3.63, 3.8) is 0 Å². The Morgan fingerprint density at radius 3 is 3.10 bits per heavy atom. The van der Waals surface area contributed by atoms with E-state index >= 15 is 0 Å². The molecule has 1 aliphatic rings. The van der Waals surface area contributed by atoms with Crippen molar-refractivity contribution in [1.29, 1.82) is 0 Å². The van der Waals surface area contributed by atoms with Gasteiger partial charge in [0.1, 0.15) is 0 Å². The molecule has 2 heterocycles. The van der Waals surface area contributed by atoms with Crippen LogP contribution in [0.3, 0.4) is 0 Å². The van der Waals surface area contributed by atoms with Crippen LogP contribution in [0.25, 0.3) is 0 Å². The first-order valence-corrected chi connectivity index (χ1v) is 3.69. The molecule has 0 saturated carbocycles. The maximum Gasteiger partial charge on any atom is 0.0248 e. The van der Waals surface area contributed by atoms with E-state index in [1.807, 2.05) is 0 Å². The number of hydrogen-bond donors (Lipinski definition) is 1. The molecule has 2 nitrogen and oxygen atoms in total. The summed E-state index contributed by atoms with van der Waals surface area (Å²) in [6.07, 6.45) is 5.42. The third kappa shape index (κ3) is 0.847. The molecule has 0 bridgehead atoms. The van der Waals surface area contributed by atoms with Crippen molar-refractivity contribution in [2.45, 2.75) is 13.0 Å². The average molecular weight is 136 g/mol. The molecule has 0 aliphatic carbocycles. The van der Waals surface area contributed by atoms with Gasteiger partial charge >= 0.3 is 0 Å². The number of hydrogen-bond acceptors (Lipinski definition) is 1. The van der Waals surface area contributed by atoms with Crippen molar-refractivity contribution in [2.24, 2.45) is 0 Å². The van der Waals surface area contributed by atoms with Crippen LogP contribution in [0, 0.1) is 0 Å². The molecule has 10 heavy (non-hydrogen) atoms. The largest absolute Gasteiger partial charge is 0.367 e. The minimum atomic E-state index is 1.11. The molecule has 0 unspecified atom stereocenters. The maximum absolute atomic E-state index is 3.13. The Labute approximate surface area is 60.9 Å². The van der Waals surface area contributed by atoms with Gasteiger partial charge in [0.2, 0.25) is 0 Å². The molecule has 0 spiro atoms. The van der Waals surface area contributed by atoms with Crippen LogP contribution in [0.4, 0.5) is 0 Å². The lowest BCUT2D eigenvalue weighted by Gasteiger charge is -2.21. The predicted octanol–water partition coefficient (Wildman–Crippen LogP) is 1.00. The van der Waals surface area contributed by atoms with Gasteiger partial charge in [-0.2, -0.15) is 0 Å². The summed E-state index contributed by atoms with van der Waals surface area (Å²) in [6, 6.07) is 0. The summed E-state index contributed by atoms with van der Waals surface area (Å²) < 4.78 is 0. The van der Waals surface area contributed by atoms with Gasteiger partial charge in [-0.15, -0.1) is 0 Å². The Morgan fingerprint density at radius 2 is 2.20 bits per heavy atom. The number of aromatic nitrogens is 1. The molecule has 0 radical (unpaired) electrons. The lowest BCUT2D eigenvalue weighted by Crippen LogP contribution is -2.25. The van der Waals surface area contributed by atoms with Gasteiger partial charge in [0.15, 0.2) is 0 Å². The summed E-state index contributed by atoms with van der Waals surface area (Å²) >= 11 is 0. The molecule has 0 saturated heterocycles. The summed E-state index contributed by atoms with van der Waals surface area (Å²) in [6.45, 7) is 2.31. The molecule has 1 N–H and O–H groups in total. The van der Waals surface area contributed by atoms with E-state index in [2.05, 4.69) is 29.3 Å². The molecular weight excluding hydrogens is 124 g/mol. The number of nitrogens with one attached hydrogen (secondary N) is 1. The number of fused-ring (bicyclic) bond motifs is 1. The van der Waals surface area contributed by atoms with E-state index in [9.17, 15) is 0 Å². The molecule has 0 aromatic carbocycles. The van der Waals surface area contributed by atoms with E-state index in [-0.39, 0.29) is 0 Å². The topological polar surface area (TPSA) is 19.0 Å². The average Bonchev–Trinajstić information content (AvgIpc) is 2.33. The van der Waals surface area contributed by atoms with Crippen LogP contribution in [-0.2, 0) is 13.0 Å². The predicted molar refractivity (Wildman–Crippen MR) is 40.8 cm³/mol. The zero-order valence-electron chi connectivity index (χ0n) is 6.22. The number of aromatic amines is 1. The fraction of sp³-hybridized carbons (Fsp3) is 0.500. The molecule has 2 rings (SSSR count). The lowest BCUT2D eigenvalue weighted by atomic mass is 10.1. The first-order chi connectivity index (χ1) is 4.86. The van der Waals surface area contributed by atoms with Crippen LogP contribution < -0.4 is 0 Å². The van der Waals surface area contributed by atoms with Gasteiger partial charge in [0.05, 0.1) is 0 Å². The quantitative estimate of drug-likeness (QED) is 0.563. The Balaban J connectivity index is 2.30. The number of likely N-dealkylation sites (N-methyl/N-ethyl adjacent to an activating group) is 1. The smallest absolute Gasteiger partial charge is 0.0248 e. The highest BCUT2D eigenvalue weighted by Gasteiger charge is 2.12. The van der Waals surface area contributed by atoms with Gasteiger partial charge in [-0.1, -0.05) is 0 Å². The van der Waals surface area contributed by atoms with Crippen molar-refractivity contribution in [3.8, 4) is 0 Å². The van der Waals surface area contributed by atoms with Crippen LogP contribution in [0.2, 0.25) is 0 Å². The highest BCUT2D eigenvalue weighted by molar-refractivity contribution is 5.25. The molecular formula is C8H12N2. The first kappa shape index (κ1) is 5.98. The Bertz CT molecular complexity index is 227. The van der Waals surface area contributed by atoms with Crippen molar-refractivity contribution in [1.82, 2.24) is 9.88 Å². The molecule has 1 aromatic rings. The van der Waals surface area contributed by atoms with Crippen molar-refractivity contribution >= 4 is 0 Å². The number of nitrogens with zero attached hydrogens (tertiary/aromatic N) is 1. The molecule has 1 aliphatic heterocycles. The highest BCUT2D eigenvalue weighted by Crippen LogP contribution is 2.15. The summed E-state index contributed by atoms with van der Waals surface area (Å²) in [5.41, 5.74) is 2.96. The molecule has 0 amide bonds. The fourth-order valence-electron chi connectivity index (χ4n) is 1.49. The molecule has 1 aromatic heterocycles. The van der Waals surface area contributed by atoms with Gasteiger partial charge in [0, 0.05) is 25.5 Å². The second-order valence-corrected chi connectivity index (χ2v) is 2.99. The normalized spacial score (nSPS) is 18.9. The lowest BCUT2D eigenvalue weighted by molar-refractivity contribution is 0.314. The van der Waals surface area contributed by atoms with E-state index in [0.717, 1.165) is 6.54 Å². The Hall–Kier alpha value is -0.760. The maximum atomic E-state index is 3.13. The van der Waals surface area contributed by atoms with Crippen LogP contribution in [-0.4, -0.2) is 23.5 Å². The number of H-pyrrole nitrogens is 1. The van der Waals surface area contributed by atoms with Gasteiger partial charge in [-0.05, 0) is 24.6 Å². The minimum Gasteiger partial charge on any atom is -0.367 e. The van der Waals surface area contributed by atoms with Crippen LogP contribution in [0.1, 0.15) is 11.1 Å². The zero-order valence-corrected chi connectivity index (χ0v) is 6.22. The third-order valence-corrected chi connectivity index (χ3v) is 2.13. The van der Waals surface area contributed by atoms with Gasteiger partial charge < -0.3 is 9.88 Å². The first-order valence-electron chi connectivity index (χ1n) is 3.69. The fourth-order valence-corrected chi connectivity index (χ4v) is 1.49. The summed E-state index contributed by atoms with van der Waals surface area (Å²) in [5.74, 6) is 0. The van der Waals surface area contributed by atoms with Crippen molar-refractivity contribution in [2.75, 3.05) is 13.6 Å². The molecule has 0 atom stereocenters. The standard InChI is InChI=1S/C8H12N2/c1-10-3-2-7-4-9-5-8(7)6-10/h4-5,9H,2-3,6H2,1H3. The Morgan fingerprint density at radius 1 is 1.40 bits per heavy atom. The highest BCUT2D eigenvalue weighted by atomic mass is 15.1. The van der Waals surface area contributed by atoms with E-state index in [1.165, 1.54) is 24.1 Å². The summed E-state index contributed by atoms with van der Waals surface area (Å²) in [4.78, 5) is 5.48. The van der Waals surface area contributed by atoms with Gasteiger partial charge in [-0.25, -0.2) is 0 Å².